The molecule has 0 radical (unpaired) electrons. The summed E-state index contributed by atoms with van der Waals surface area (Å²) in [5, 5.41) is 0. The van der Waals surface area contributed by atoms with Crippen LogP contribution in [0.3, 0.4) is 0 Å². The van der Waals surface area contributed by atoms with E-state index >= 15 is 0 Å². The fourth-order valence-corrected chi connectivity index (χ4v) is 7.21. The van der Waals surface area contributed by atoms with E-state index in [-0.39, 0.29) is 0 Å². The van der Waals surface area contributed by atoms with Crippen LogP contribution >= 0.6 is 19.6 Å². The Morgan fingerprint density at radius 3 is 1.69 bits per heavy atom. The van der Waals surface area contributed by atoms with Crippen molar-refractivity contribution in [2.24, 2.45) is 0 Å². The van der Waals surface area contributed by atoms with Crippen LogP contribution < -0.4 is 0 Å². The highest BCUT2D eigenvalue weighted by Gasteiger charge is 2.39. The number of thioether (sulfide) groups is 1. The molecule has 0 spiro atoms. The van der Waals surface area contributed by atoms with Crippen LogP contribution in [0.2, 0.25) is 6.04 Å². The zero-order valence-corrected chi connectivity index (χ0v) is 19.7. The maximum Gasteiger partial charge on any atom is 0.500 e. The van der Waals surface area contributed by atoms with Crippen molar-refractivity contribution < 1.29 is 31.4 Å². The van der Waals surface area contributed by atoms with Crippen LogP contribution in [-0.4, -0.2) is 60.0 Å². The molecule has 10 heteroatoms. The van der Waals surface area contributed by atoms with E-state index in [1.165, 1.54) is 0 Å². The number of hydrogen-bond acceptors (Lipinski definition) is 8. The van der Waals surface area contributed by atoms with E-state index in [0.717, 1.165) is 30.4 Å². The quantitative estimate of drug-likeness (QED) is 0.165. The average molecular weight is 433 g/mol. The van der Waals surface area contributed by atoms with Crippen molar-refractivity contribution >= 4 is 28.4 Å². The molecule has 0 aromatic heterocycles. The molecule has 0 aromatic rings. The third-order valence-corrected chi connectivity index (χ3v) is 9.08. The van der Waals surface area contributed by atoms with Gasteiger partial charge in [0.15, 0.2) is 0 Å². The van der Waals surface area contributed by atoms with E-state index in [9.17, 15) is 4.57 Å². The van der Waals surface area contributed by atoms with Crippen molar-refractivity contribution in [1.29, 1.82) is 0 Å². The molecule has 0 rings (SSSR count). The normalized spacial score (nSPS) is 12.7. The zero-order valence-electron chi connectivity index (χ0n) is 17.0. The van der Waals surface area contributed by atoms with Crippen LogP contribution in [0.15, 0.2) is 0 Å². The Bertz CT molecular complexity index is 349. The van der Waals surface area contributed by atoms with Gasteiger partial charge in [-0.05, 0) is 59.0 Å². The van der Waals surface area contributed by atoms with Crippen molar-refractivity contribution in [3.05, 3.63) is 0 Å². The van der Waals surface area contributed by atoms with E-state index in [1.807, 2.05) is 32.5 Å². The van der Waals surface area contributed by atoms with Crippen LogP contribution in [0.25, 0.3) is 0 Å². The highest BCUT2D eigenvalue weighted by molar-refractivity contribution is 7.99. The Morgan fingerprint density at radius 1 is 0.731 bits per heavy atom. The minimum Gasteiger partial charge on any atom is -0.374 e. The first kappa shape index (κ1) is 26.6. The van der Waals surface area contributed by atoms with Gasteiger partial charge in [-0.1, -0.05) is 0 Å². The van der Waals surface area contributed by atoms with Gasteiger partial charge in [-0.25, -0.2) is 4.57 Å². The van der Waals surface area contributed by atoms with E-state index in [0.29, 0.717) is 39.6 Å². The number of phosphoric ester groups is 1. The molecule has 0 saturated carbocycles. The van der Waals surface area contributed by atoms with Gasteiger partial charge in [0.25, 0.3) is 0 Å². The molecule has 0 fully saturated rings. The fraction of sp³-hybridized carbons (Fsp3) is 1.00. The smallest absolute Gasteiger partial charge is 0.374 e. The maximum atomic E-state index is 12.1. The lowest BCUT2D eigenvalue weighted by molar-refractivity contribution is 0.0712. The minimum absolute atomic E-state index is 0.303. The average Bonchev–Trinajstić information content (AvgIpc) is 2.58. The zero-order chi connectivity index (χ0) is 19.7. The first-order chi connectivity index (χ1) is 12.5. The van der Waals surface area contributed by atoms with Gasteiger partial charge in [0.05, 0.1) is 19.8 Å². The molecule has 0 aromatic carbocycles. The largest absolute Gasteiger partial charge is 0.500 e. The van der Waals surface area contributed by atoms with Crippen LogP contribution in [0.4, 0.5) is 0 Å². The van der Waals surface area contributed by atoms with Crippen LogP contribution in [0, 0.1) is 0 Å². The molecule has 0 aliphatic carbocycles. The Hall–Kier alpha value is 0.557. The molecule has 0 bridgehead atoms. The monoisotopic (exact) mass is 432 g/mol. The summed E-state index contributed by atoms with van der Waals surface area (Å²) in [6, 6.07) is 0.829. The van der Waals surface area contributed by atoms with Gasteiger partial charge >= 0.3 is 16.6 Å². The first-order valence-electron chi connectivity index (χ1n) is 9.54. The number of rotatable bonds is 19. The second-order valence-electron chi connectivity index (χ2n) is 5.17. The van der Waals surface area contributed by atoms with Gasteiger partial charge in [0.1, 0.15) is 0 Å². The lowest BCUT2D eigenvalue weighted by Crippen LogP contribution is -2.46. The maximum absolute atomic E-state index is 12.1. The summed E-state index contributed by atoms with van der Waals surface area (Å²) in [4.78, 5) is 0. The Balaban J connectivity index is 3.98. The molecule has 0 saturated heterocycles. The summed E-state index contributed by atoms with van der Waals surface area (Å²) in [6.07, 6.45) is 1.77. The van der Waals surface area contributed by atoms with Crippen molar-refractivity contribution in [3.63, 3.8) is 0 Å². The molecular formula is C16H37O7PSSi. The van der Waals surface area contributed by atoms with Gasteiger partial charge in [-0.3, -0.25) is 13.6 Å². The standard InChI is InChI=1S/C16H37O7PSSi/c1-6-18-24(17,19-7-2)20-13-11-14-25-15-12-16-26(21-8-3,22-9-4)23-10-5/h6-16H2,1-5H3. The molecule has 0 atom stereocenters. The summed E-state index contributed by atoms with van der Waals surface area (Å²) < 4.78 is 45.2. The third-order valence-electron chi connectivity index (χ3n) is 3.12. The molecule has 0 aliphatic rings. The number of phosphoric acid groups is 1. The summed E-state index contributed by atoms with van der Waals surface area (Å²) in [5.74, 6) is 1.92. The highest BCUT2D eigenvalue weighted by Crippen LogP contribution is 2.49. The predicted molar refractivity (Wildman–Crippen MR) is 109 cm³/mol. The lowest BCUT2D eigenvalue weighted by atomic mass is 10.5. The Morgan fingerprint density at radius 2 is 1.23 bits per heavy atom. The van der Waals surface area contributed by atoms with Crippen molar-refractivity contribution in [1.82, 2.24) is 0 Å². The second-order valence-corrected chi connectivity index (χ2v) is 10.8. The van der Waals surface area contributed by atoms with E-state index in [4.69, 9.17) is 26.8 Å². The highest BCUT2D eigenvalue weighted by atomic mass is 32.2. The molecule has 0 amide bonds. The molecule has 0 heterocycles. The minimum atomic E-state index is -3.38. The SMILES string of the molecule is CCO[Si](CCCSCCCOP(=O)(OCC)OCC)(OCC)OCC. The number of hydrogen-bond donors (Lipinski definition) is 0. The summed E-state index contributed by atoms with van der Waals surface area (Å²) in [7, 11) is -5.90. The molecule has 158 valence electrons. The van der Waals surface area contributed by atoms with Crippen LogP contribution in [-0.2, 0) is 31.4 Å². The van der Waals surface area contributed by atoms with E-state index in [2.05, 4.69) is 0 Å². The Labute approximate surface area is 164 Å². The fourth-order valence-electron chi connectivity index (χ4n) is 2.26. The molecule has 26 heavy (non-hydrogen) atoms. The van der Waals surface area contributed by atoms with E-state index in [1.54, 1.807) is 13.8 Å². The predicted octanol–water partition coefficient (Wildman–Crippen LogP) is 4.75. The summed E-state index contributed by atoms with van der Waals surface area (Å²) in [6.45, 7) is 12.2. The van der Waals surface area contributed by atoms with Gasteiger partial charge in [-0.15, -0.1) is 0 Å². The molecular weight excluding hydrogens is 395 g/mol. The second kappa shape index (κ2) is 16.5. The van der Waals surface area contributed by atoms with Crippen LogP contribution in [0.5, 0.6) is 0 Å². The van der Waals surface area contributed by atoms with Crippen molar-refractivity contribution in [3.8, 4) is 0 Å². The summed E-state index contributed by atoms with van der Waals surface area (Å²) >= 11 is 1.83. The van der Waals surface area contributed by atoms with Gasteiger partial charge < -0.3 is 13.3 Å². The van der Waals surface area contributed by atoms with E-state index < -0.39 is 16.6 Å². The van der Waals surface area contributed by atoms with Gasteiger partial charge in [0, 0.05) is 25.9 Å². The topological polar surface area (TPSA) is 72.5 Å². The van der Waals surface area contributed by atoms with Crippen LogP contribution in [0.1, 0.15) is 47.5 Å². The third kappa shape index (κ3) is 12.1. The molecule has 0 unspecified atom stereocenters. The molecule has 0 N–H and O–H groups in total. The summed E-state index contributed by atoms with van der Waals surface area (Å²) in [5.41, 5.74) is 0. The van der Waals surface area contributed by atoms with Crippen molar-refractivity contribution in [2.75, 3.05) is 51.1 Å². The lowest BCUT2D eigenvalue weighted by Gasteiger charge is -2.28. The van der Waals surface area contributed by atoms with Crippen molar-refractivity contribution in [2.45, 2.75) is 53.5 Å². The Kier molecular flexibility index (Phi) is 16.9. The molecule has 7 nitrogen and oxygen atoms in total. The van der Waals surface area contributed by atoms with Gasteiger partial charge in [0.2, 0.25) is 0 Å². The first-order valence-corrected chi connectivity index (χ1v) is 14.1. The van der Waals surface area contributed by atoms with Gasteiger partial charge in [-0.2, -0.15) is 11.8 Å². The molecule has 0 aliphatic heterocycles.